The molecule has 0 saturated heterocycles. The summed E-state index contributed by atoms with van der Waals surface area (Å²) in [6.45, 7) is 1.39. The van der Waals surface area contributed by atoms with Crippen LogP contribution in [0.25, 0.3) is 5.57 Å². The molecule has 1 aromatic rings. The summed E-state index contributed by atoms with van der Waals surface area (Å²) in [4.78, 5) is 29.0. The molecule has 2 heterocycles. The van der Waals surface area contributed by atoms with Crippen molar-refractivity contribution in [2.24, 2.45) is 5.16 Å². The van der Waals surface area contributed by atoms with Gasteiger partial charge >= 0.3 is 12.2 Å². The number of nitrogens with zero attached hydrogens (tertiary/aromatic N) is 2. The van der Waals surface area contributed by atoms with Crippen molar-refractivity contribution >= 4 is 23.5 Å². The van der Waals surface area contributed by atoms with Gasteiger partial charge in [-0.1, -0.05) is 35.5 Å². The fourth-order valence-corrected chi connectivity index (χ4v) is 3.01. The van der Waals surface area contributed by atoms with Gasteiger partial charge < -0.3 is 24.9 Å². The highest BCUT2D eigenvalue weighted by atomic mass is 16.6. The highest BCUT2D eigenvalue weighted by Gasteiger charge is 2.23. The van der Waals surface area contributed by atoms with Gasteiger partial charge in [-0.3, -0.25) is 0 Å². The Bertz CT molecular complexity index is 742. The molecule has 8 nitrogen and oxygen atoms in total. The lowest BCUT2D eigenvalue weighted by Crippen LogP contribution is -2.34. The summed E-state index contributed by atoms with van der Waals surface area (Å²) in [6.07, 6.45) is 1.74. The van der Waals surface area contributed by atoms with Crippen LogP contribution in [0, 0.1) is 0 Å². The standard InChI is InChI=1S/C18H21N3O5/c1-25-18(24)21-8-6-13(7-9-21)12-2-4-14(5-3-12)16-10-15(26-20-16)11-19-17(22)23/h2-6,15,19H,7-11H2,1H3,(H,22,23)/t15-/m0/s1. The SMILES string of the molecule is COC(=O)N1CC=C(c2ccc(C3=NO[C@H](CNC(=O)O)C3)cc2)CC1. The Labute approximate surface area is 151 Å². The van der Waals surface area contributed by atoms with Gasteiger partial charge in [0.1, 0.15) is 0 Å². The van der Waals surface area contributed by atoms with Crippen LogP contribution in [0.4, 0.5) is 9.59 Å². The van der Waals surface area contributed by atoms with Crippen LogP contribution >= 0.6 is 0 Å². The zero-order valence-corrected chi connectivity index (χ0v) is 14.5. The third kappa shape index (κ3) is 4.14. The number of hydrogen-bond acceptors (Lipinski definition) is 5. The summed E-state index contributed by atoms with van der Waals surface area (Å²) in [7, 11) is 1.39. The van der Waals surface area contributed by atoms with E-state index in [1.807, 2.05) is 30.3 Å². The van der Waals surface area contributed by atoms with Crippen molar-refractivity contribution < 1.29 is 24.3 Å². The van der Waals surface area contributed by atoms with Crippen molar-refractivity contribution in [2.75, 3.05) is 26.7 Å². The Kier molecular flexibility index (Phi) is 5.40. The van der Waals surface area contributed by atoms with E-state index in [1.54, 1.807) is 4.90 Å². The molecule has 0 bridgehead atoms. The van der Waals surface area contributed by atoms with Crippen LogP contribution in [0.15, 0.2) is 35.5 Å². The minimum atomic E-state index is -1.07. The highest BCUT2D eigenvalue weighted by molar-refractivity contribution is 6.01. The van der Waals surface area contributed by atoms with Gasteiger partial charge in [-0.05, 0) is 23.1 Å². The van der Waals surface area contributed by atoms with Gasteiger partial charge in [0.2, 0.25) is 0 Å². The fraction of sp³-hybridized carbons (Fsp3) is 0.389. The lowest BCUT2D eigenvalue weighted by molar-refractivity contribution is 0.0841. The van der Waals surface area contributed by atoms with E-state index in [0.717, 1.165) is 23.3 Å². The van der Waals surface area contributed by atoms with Crippen molar-refractivity contribution in [1.29, 1.82) is 0 Å². The zero-order valence-electron chi connectivity index (χ0n) is 14.5. The first kappa shape index (κ1) is 17.8. The molecule has 8 heteroatoms. The van der Waals surface area contributed by atoms with Crippen LogP contribution in [-0.2, 0) is 9.57 Å². The number of oxime groups is 1. The molecular formula is C18H21N3O5. The number of amides is 2. The third-order valence-corrected chi connectivity index (χ3v) is 4.44. The maximum atomic E-state index is 11.5. The highest BCUT2D eigenvalue weighted by Crippen LogP contribution is 2.24. The Morgan fingerprint density at radius 3 is 2.69 bits per heavy atom. The predicted molar refractivity (Wildman–Crippen MR) is 95.1 cm³/mol. The van der Waals surface area contributed by atoms with Crippen molar-refractivity contribution in [1.82, 2.24) is 10.2 Å². The van der Waals surface area contributed by atoms with E-state index in [9.17, 15) is 9.59 Å². The maximum absolute atomic E-state index is 11.5. The number of hydrogen-bond donors (Lipinski definition) is 2. The molecule has 0 aromatic heterocycles. The molecule has 2 aliphatic rings. The molecule has 0 spiro atoms. The summed E-state index contributed by atoms with van der Waals surface area (Å²) in [5, 5.41) is 15.0. The summed E-state index contributed by atoms with van der Waals surface area (Å²) >= 11 is 0. The van der Waals surface area contributed by atoms with Crippen molar-refractivity contribution in [3.63, 3.8) is 0 Å². The van der Waals surface area contributed by atoms with E-state index < -0.39 is 6.09 Å². The van der Waals surface area contributed by atoms with E-state index in [0.29, 0.717) is 19.5 Å². The summed E-state index contributed by atoms with van der Waals surface area (Å²) < 4.78 is 4.74. The molecule has 0 fully saturated rings. The van der Waals surface area contributed by atoms with Crippen LogP contribution in [0.5, 0.6) is 0 Å². The number of carbonyl (C=O) groups excluding carboxylic acids is 1. The summed E-state index contributed by atoms with van der Waals surface area (Å²) in [5.41, 5.74) is 4.08. The second kappa shape index (κ2) is 7.90. The molecular weight excluding hydrogens is 338 g/mol. The van der Waals surface area contributed by atoms with E-state index >= 15 is 0 Å². The number of methoxy groups -OCH3 is 1. The summed E-state index contributed by atoms with van der Waals surface area (Å²) in [5.74, 6) is 0. The van der Waals surface area contributed by atoms with Crippen molar-refractivity contribution in [2.45, 2.75) is 18.9 Å². The first-order valence-corrected chi connectivity index (χ1v) is 8.39. The first-order chi connectivity index (χ1) is 12.6. The Balaban J connectivity index is 1.59. The molecule has 0 radical (unpaired) electrons. The van der Waals surface area contributed by atoms with E-state index in [-0.39, 0.29) is 18.7 Å². The van der Waals surface area contributed by atoms with Crippen LogP contribution in [0.3, 0.4) is 0 Å². The molecule has 0 saturated carbocycles. The van der Waals surface area contributed by atoms with E-state index in [2.05, 4.69) is 10.5 Å². The molecule has 1 atom stereocenters. The second-order valence-corrected chi connectivity index (χ2v) is 6.13. The second-order valence-electron chi connectivity index (χ2n) is 6.13. The summed E-state index contributed by atoms with van der Waals surface area (Å²) in [6, 6.07) is 8.02. The van der Waals surface area contributed by atoms with Crippen molar-refractivity contribution in [3.8, 4) is 0 Å². The van der Waals surface area contributed by atoms with Crippen LogP contribution < -0.4 is 5.32 Å². The average Bonchev–Trinajstić information content (AvgIpc) is 3.15. The number of carboxylic acid groups (broad SMARTS) is 1. The number of ether oxygens (including phenoxy) is 1. The van der Waals surface area contributed by atoms with Gasteiger partial charge in [0.15, 0.2) is 6.10 Å². The normalized spacial score (nSPS) is 19.3. The minimum Gasteiger partial charge on any atom is -0.465 e. The molecule has 2 amide bonds. The number of nitrogens with one attached hydrogen (secondary N) is 1. The van der Waals surface area contributed by atoms with Crippen LogP contribution in [0.1, 0.15) is 24.0 Å². The van der Waals surface area contributed by atoms with Crippen LogP contribution in [-0.4, -0.2) is 60.8 Å². The van der Waals surface area contributed by atoms with Gasteiger partial charge in [-0.15, -0.1) is 0 Å². The number of carbonyl (C=O) groups is 2. The van der Waals surface area contributed by atoms with Gasteiger partial charge in [-0.2, -0.15) is 0 Å². The molecule has 2 N–H and O–H groups in total. The Morgan fingerprint density at radius 2 is 2.08 bits per heavy atom. The lowest BCUT2D eigenvalue weighted by atomic mass is 9.96. The molecule has 0 aliphatic carbocycles. The van der Waals surface area contributed by atoms with Crippen LogP contribution in [0.2, 0.25) is 0 Å². The largest absolute Gasteiger partial charge is 0.465 e. The van der Waals surface area contributed by atoms with Crippen molar-refractivity contribution in [3.05, 3.63) is 41.5 Å². The quantitative estimate of drug-likeness (QED) is 0.859. The lowest BCUT2D eigenvalue weighted by Gasteiger charge is -2.25. The van der Waals surface area contributed by atoms with Gasteiger partial charge in [0, 0.05) is 19.5 Å². The monoisotopic (exact) mass is 359 g/mol. The smallest absolute Gasteiger partial charge is 0.409 e. The molecule has 3 rings (SSSR count). The average molecular weight is 359 g/mol. The van der Waals surface area contributed by atoms with E-state index in [1.165, 1.54) is 12.7 Å². The molecule has 26 heavy (non-hydrogen) atoms. The molecule has 1 aromatic carbocycles. The van der Waals surface area contributed by atoms with E-state index in [4.69, 9.17) is 14.7 Å². The maximum Gasteiger partial charge on any atom is 0.409 e. The predicted octanol–water partition coefficient (Wildman–Crippen LogP) is 2.30. The first-order valence-electron chi connectivity index (χ1n) is 8.39. The van der Waals surface area contributed by atoms with Gasteiger partial charge in [-0.25, -0.2) is 9.59 Å². The zero-order chi connectivity index (χ0) is 18.5. The molecule has 0 unspecified atom stereocenters. The number of benzene rings is 1. The molecule has 2 aliphatic heterocycles. The fourth-order valence-electron chi connectivity index (χ4n) is 3.01. The third-order valence-electron chi connectivity index (χ3n) is 4.44. The Hall–Kier alpha value is -3.03. The van der Waals surface area contributed by atoms with Gasteiger partial charge in [0.25, 0.3) is 0 Å². The topological polar surface area (TPSA) is 100 Å². The number of rotatable bonds is 4. The van der Waals surface area contributed by atoms with Gasteiger partial charge in [0.05, 0.1) is 19.4 Å². The minimum absolute atomic E-state index is 0.212. The Morgan fingerprint density at radius 1 is 1.35 bits per heavy atom. The molecule has 138 valence electrons.